The standard InChI is InChI=1S/C21H17ClF4N4O2S/c1-20(2,31)6-8-30-18(21(24,25)26)11(10-28-30)17-15(19-27-7-9-33-19)16(29-32-17)14-12(22)4-3-5-13(14)23/h3-5,7,9-10,31H,6,8H2,1-2H3/i7D,8D2,9D. The number of rotatable bonds is 6. The number of aryl methyl sites for hydroxylation is 1. The molecule has 0 aliphatic carbocycles. The molecule has 0 fully saturated rings. The zero-order valence-electron chi connectivity index (χ0n) is 21.0. The molecule has 12 heteroatoms. The number of nitrogens with zero attached hydrogens (tertiary/aromatic N) is 4. The van der Waals surface area contributed by atoms with Crippen LogP contribution in [0.2, 0.25) is 5.02 Å². The van der Waals surface area contributed by atoms with Crippen molar-refractivity contribution in [2.75, 3.05) is 0 Å². The van der Waals surface area contributed by atoms with Crippen molar-refractivity contribution in [1.82, 2.24) is 19.9 Å². The summed E-state index contributed by atoms with van der Waals surface area (Å²) in [5.74, 6) is -1.46. The molecule has 0 bridgehead atoms. The first-order valence-corrected chi connectivity index (χ1v) is 10.5. The highest BCUT2D eigenvalue weighted by atomic mass is 35.5. The zero-order chi connectivity index (χ0) is 27.5. The number of benzene rings is 1. The van der Waals surface area contributed by atoms with E-state index >= 15 is 0 Å². The summed E-state index contributed by atoms with van der Waals surface area (Å²) in [5.41, 5.74) is -4.90. The number of thiazole rings is 1. The fourth-order valence-corrected chi connectivity index (χ4v) is 3.84. The number of aliphatic hydroxyl groups is 1. The van der Waals surface area contributed by atoms with Gasteiger partial charge in [0.15, 0.2) is 11.5 Å². The SMILES string of the molecule is [2H]c1nc(-c2c(-c3c(F)cccc3Cl)noc2-c2cnn(C([2H])([2H])CC(C)(C)O)c2C(F)(F)F)sc1[2H]. The topological polar surface area (TPSA) is 77.0 Å². The van der Waals surface area contributed by atoms with Crippen molar-refractivity contribution in [2.24, 2.45) is 0 Å². The molecule has 0 aliphatic rings. The second-order valence-corrected chi connectivity index (χ2v) is 8.73. The van der Waals surface area contributed by atoms with E-state index in [0.29, 0.717) is 17.5 Å². The molecule has 0 amide bonds. The minimum Gasteiger partial charge on any atom is -0.390 e. The van der Waals surface area contributed by atoms with Gasteiger partial charge < -0.3 is 9.63 Å². The first-order chi connectivity index (χ1) is 17.0. The molecule has 3 heterocycles. The molecule has 33 heavy (non-hydrogen) atoms. The molecular formula is C21H17ClF4N4O2S. The lowest BCUT2D eigenvalue weighted by Gasteiger charge is -2.18. The van der Waals surface area contributed by atoms with Gasteiger partial charge in [0, 0.05) is 18.0 Å². The fourth-order valence-electron chi connectivity index (χ4n) is 3.02. The number of alkyl halides is 3. The number of hydrogen-bond acceptors (Lipinski definition) is 6. The van der Waals surface area contributed by atoms with Crippen LogP contribution in [0.25, 0.3) is 33.2 Å². The molecular weight excluding hydrogens is 484 g/mol. The predicted molar refractivity (Wildman–Crippen MR) is 115 cm³/mol. The van der Waals surface area contributed by atoms with E-state index in [0.717, 1.165) is 6.07 Å². The van der Waals surface area contributed by atoms with Crippen LogP contribution in [0.15, 0.2) is 40.4 Å². The van der Waals surface area contributed by atoms with Gasteiger partial charge in [-0.3, -0.25) is 4.68 Å². The Balaban J connectivity index is 2.04. The second kappa shape index (κ2) is 8.54. The summed E-state index contributed by atoms with van der Waals surface area (Å²) in [6.45, 7) is -0.315. The number of aromatic nitrogens is 4. The molecule has 0 spiro atoms. The summed E-state index contributed by atoms with van der Waals surface area (Å²) in [5, 5.41) is 16.8. The third-order valence-electron chi connectivity index (χ3n) is 4.40. The average molecular weight is 505 g/mol. The van der Waals surface area contributed by atoms with E-state index in [2.05, 4.69) is 15.2 Å². The summed E-state index contributed by atoms with van der Waals surface area (Å²) in [4.78, 5) is 3.90. The zero-order valence-corrected chi connectivity index (χ0v) is 18.5. The highest BCUT2D eigenvalue weighted by Crippen LogP contribution is 2.46. The number of hydrogen-bond donors (Lipinski definition) is 1. The fraction of sp³-hybridized carbons (Fsp3) is 0.286. The first-order valence-electron chi connectivity index (χ1n) is 11.3. The molecule has 0 atom stereocenters. The van der Waals surface area contributed by atoms with Crippen LogP contribution in [0.3, 0.4) is 0 Å². The Hall–Kier alpha value is -2.76. The van der Waals surface area contributed by atoms with E-state index in [1.165, 1.54) is 26.0 Å². The monoisotopic (exact) mass is 504 g/mol. The molecule has 174 valence electrons. The van der Waals surface area contributed by atoms with Crippen molar-refractivity contribution in [3.8, 4) is 33.2 Å². The van der Waals surface area contributed by atoms with E-state index in [1.807, 2.05) is 0 Å². The van der Waals surface area contributed by atoms with Gasteiger partial charge >= 0.3 is 6.18 Å². The van der Waals surface area contributed by atoms with Crippen molar-refractivity contribution < 1.29 is 32.7 Å². The molecule has 4 aromatic rings. The largest absolute Gasteiger partial charge is 0.433 e. The Morgan fingerprint density at radius 3 is 2.67 bits per heavy atom. The normalized spacial score (nSPS) is 14.7. The summed E-state index contributed by atoms with van der Waals surface area (Å²) < 4.78 is 95.2. The minimum atomic E-state index is -5.16. The van der Waals surface area contributed by atoms with Gasteiger partial charge in [0.05, 0.1) is 39.0 Å². The van der Waals surface area contributed by atoms with Crippen LogP contribution in [0.5, 0.6) is 0 Å². The smallest absolute Gasteiger partial charge is 0.390 e. The van der Waals surface area contributed by atoms with Gasteiger partial charge in [-0.15, -0.1) is 11.3 Å². The van der Waals surface area contributed by atoms with Crippen molar-refractivity contribution >= 4 is 22.9 Å². The molecule has 0 saturated carbocycles. The van der Waals surface area contributed by atoms with E-state index in [9.17, 15) is 22.7 Å². The Kier molecular flexibility index (Phi) is 4.83. The summed E-state index contributed by atoms with van der Waals surface area (Å²) in [7, 11) is 0. The van der Waals surface area contributed by atoms with Crippen LogP contribution < -0.4 is 0 Å². The van der Waals surface area contributed by atoms with Gasteiger partial charge in [-0.2, -0.15) is 18.3 Å². The van der Waals surface area contributed by atoms with Gasteiger partial charge in [-0.05, 0) is 32.4 Å². The van der Waals surface area contributed by atoms with Crippen molar-refractivity contribution in [1.29, 1.82) is 0 Å². The van der Waals surface area contributed by atoms with Crippen LogP contribution in [-0.2, 0) is 12.7 Å². The highest BCUT2D eigenvalue weighted by Gasteiger charge is 2.41. The third-order valence-corrected chi connectivity index (χ3v) is 5.40. The molecule has 0 saturated heterocycles. The molecule has 0 aliphatic heterocycles. The molecule has 1 N–H and O–H groups in total. The molecule has 0 unspecified atom stereocenters. The predicted octanol–water partition coefficient (Wildman–Crippen LogP) is 6.30. The summed E-state index contributed by atoms with van der Waals surface area (Å²) >= 11 is 6.78. The summed E-state index contributed by atoms with van der Waals surface area (Å²) in [6.07, 6.45) is -5.67. The minimum absolute atomic E-state index is 0.0933. The van der Waals surface area contributed by atoms with Crippen LogP contribution in [0, 0.1) is 5.82 Å². The maximum Gasteiger partial charge on any atom is 0.433 e. The third kappa shape index (κ3) is 4.66. The van der Waals surface area contributed by atoms with Crippen LogP contribution in [0.1, 0.15) is 31.4 Å². The lowest BCUT2D eigenvalue weighted by atomic mass is 10.0. The Labute approximate surface area is 200 Å². The molecule has 3 aromatic heterocycles. The first kappa shape index (κ1) is 18.6. The van der Waals surface area contributed by atoms with Crippen molar-refractivity contribution in [3.05, 3.63) is 52.5 Å². The Bertz CT molecular complexity index is 1440. The maximum absolute atomic E-state index is 14.8. The van der Waals surface area contributed by atoms with Gasteiger partial charge in [0.1, 0.15) is 16.5 Å². The second-order valence-electron chi connectivity index (χ2n) is 7.53. The lowest BCUT2D eigenvalue weighted by molar-refractivity contribution is -0.144. The Morgan fingerprint density at radius 2 is 2.06 bits per heavy atom. The van der Waals surface area contributed by atoms with Crippen molar-refractivity contribution in [2.45, 2.75) is 38.5 Å². The van der Waals surface area contributed by atoms with Gasteiger partial charge in [0.2, 0.25) is 0 Å². The Morgan fingerprint density at radius 1 is 1.30 bits per heavy atom. The molecule has 1 aromatic carbocycles. The average Bonchev–Trinajstić information content (AvgIpc) is 3.43. The van der Waals surface area contributed by atoms with Crippen LogP contribution >= 0.6 is 22.9 Å². The van der Waals surface area contributed by atoms with Gasteiger partial charge in [0.25, 0.3) is 0 Å². The molecule has 4 rings (SSSR count). The summed E-state index contributed by atoms with van der Waals surface area (Å²) in [6, 6.07) is 3.69. The van der Waals surface area contributed by atoms with E-state index in [4.69, 9.17) is 21.6 Å². The molecule has 6 nitrogen and oxygen atoms in total. The number of halogens is 5. The van der Waals surface area contributed by atoms with Crippen LogP contribution in [0.4, 0.5) is 17.6 Å². The van der Waals surface area contributed by atoms with Crippen LogP contribution in [-0.4, -0.2) is 30.6 Å². The maximum atomic E-state index is 14.8. The molecule has 0 radical (unpaired) electrons. The van der Waals surface area contributed by atoms with E-state index < -0.39 is 53.7 Å². The quantitative estimate of drug-likeness (QED) is 0.312. The van der Waals surface area contributed by atoms with Gasteiger partial charge in [-0.1, -0.05) is 22.8 Å². The lowest BCUT2D eigenvalue weighted by Crippen LogP contribution is -2.24. The van der Waals surface area contributed by atoms with Gasteiger partial charge in [-0.25, -0.2) is 9.37 Å². The van der Waals surface area contributed by atoms with E-state index in [1.54, 1.807) is 0 Å². The van der Waals surface area contributed by atoms with E-state index in [-0.39, 0.29) is 36.9 Å². The van der Waals surface area contributed by atoms with Crippen molar-refractivity contribution in [3.63, 3.8) is 0 Å². The highest BCUT2D eigenvalue weighted by molar-refractivity contribution is 7.13.